The molecule has 0 aliphatic heterocycles. The van der Waals surface area contributed by atoms with Gasteiger partial charge in [0.2, 0.25) is 5.91 Å². The number of phenolic OH excluding ortho intramolecular Hbond substituents is 1. The molecular formula is C20H27NO3. The fourth-order valence-corrected chi connectivity index (χ4v) is 2.05. The lowest BCUT2D eigenvalue weighted by Crippen LogP contribution is -2.20. The molecule has 0 heterocycles. The molecule has 1 amide bonds. The molecule has 1 aromatic carbocycles. The molecule has 0 saturated heterocycles. The van der Waals surface area contributed by atoms with Crippen molar-refractivity contribution >= 4 is 12.0 Å². The predicted molar refractivity (Wildman–Crippen MR) is 99.1 cm³/mol. The minimum Gasteiger partial charge on any atom is -0.504 e. The van der Waals surface area contributed by atoms with Crippen molar-refractivity contribution < 1.29 is 14.6 Å². The van der Waals surface area contributed by atoms with Crippen LogP contribution in [0.2, 0.25) is 0 Å². The first-order chi connectivity index (χ1) is 11.4. The Morgan fingerprint density at radius 3 is 2.67 bits per heavy atom. The first kappa shape index (κ1) is 19.6. The highest BCUT2D eigenvalue weighted by Gasteiger charge is 2.01. The van der Waals surface area contributed by atoms with Crippen LogP contribution in [0.25, 0.3) is 6.08 Å². The van der Waals surface area contributed by atoms with E-state index in [9.17, 15) is 9.90 Å². The Morgan fingerprint density at radius 1 is 1.25 bits per heavy atom. The van der Waals surface area contributed by atoms with E-state index in [2.05, 4.69) is 32.2 Å². The summed E-state index contributed by atoms with van der Waals surface area (Å²) in [6.45, 7) is 6.77. The molecule has 0 unspecified atom stereocenters. The molecule has 0 spiro atoms. The third-order valence-corrected chi connectivity index (χ3v) is 3.45. The van der Waals surface area contributed by atoms with Gasteiger partial charge in [0.1, 0.15) is 0 Å². The number of rotatable bonds is 8. The smallest absolute Gasteiger partial charge is 0.244 e. The zero-order valence-corrected chi connectivity index (χ0v) is 14.9. The van der Waals surface area contributed by atoms with Crippen molar-refractivity contribution in [1.82, 2.24) is 5.32 Å². The van der Waals surface area contributed by atoms with Crippen LogP contribution in [0.15, 0.2) is 47.6 Å². The average Bonchev–Trinajstić information content (AvgIpc) is 2.53. The summed E-state index contributed by atoms with van der Waals surface area (Å²) in [5.74, 6) is 0.302. The van der Waals surface area contributed by atoms with Gasteiger partial charge in [-0.25, -0.2) is 0 Å². The van der Waals surface area contributed by atoms with E-state index in [1.165, 1.54) is 30.4 Å². The molecule has 0 saturated carbocycles. The molecule has 0 fully saturated rings. The molecular weight excluding hydrogens is 302 g/mol. The van der Waals surface area contributed by atoms with Crippen LogP contribution in [-0.4, -0.2) is 24.7 Å². The molecule has 0 aromatic heterocycles. The molecule has 0 atom stereocenters. The van der Waals surface area contributed by atoms with Crippen molar-refractivity contribution in [3.63, 3.8) is 0 Å². The van der Waals surface area contributed by atoms with Crippen LogP contribution in [-0.2, 0) is 4.79 Å². The lowest BCUT2D eigenvalue weighted by Gasteiger charge is -2.04. The molecule has 0 radical (unpaired) electrons. The Hall–Kier alpha value is -2.49. The molecule has 0 bridgehead atoms. The molecule has 4 heteroatoms. The van der Waals surface area contributed by atoms with E-state index in [0.717, 1.165) is 18.4 Å². The van der Waals surface area contributed by atoms with E-state index >= 15 is 0 Å². The van der Waals surface area contributed by atoms with Gasteiger partial charge in [0, 0.05) is 12.6 Å². The molecule has 4 nitrogen and oxygen atoms in total. The number of nitrogens with one attached hydrogen (secondary N) is 1. The Bertz CT molecular complexity index is 638. The van der Waals surface area contributed by atoms with Crippen LogP contribution < -0.4 is 10.1 Å². The summed E-state index contributed by atoms with van der Waals surface area (Å²) in [6.07, 6.45) is 9.44. The van der Waals surface area contributed by atoms with Crippen molar-refractivity contribution in [3.8, 4) is 11.5 Å². The lowest BCUT2D eigenvalue weighted by atomic mass is 10.1. The van der Waals surface area contributed by atoms with Gasteiger partial charge >= 0.3 is 0 Å². The van der Waals surface area contributed by atoms with Crippen LogP contribution in [0.1, 0.15) is 39.2 Å². The minimum absolute atomic E-state index is 0.0767. The highest BCUT2D eigenvalue weighted by molar-refractivity contribution is 5.91. The number of carbonyl (C=O) groups is 1. The van der Waals surface area contributed by atoms with Crippen molar-refractivity contribution in [2.24, 2.45) is 0 Å². The summed E-state index contributed by atoms with van der Waals surface area (Å²) < 4.78 is 5.03. The van der Waals surface area contributed by atoms with Crippen molar-refractivity contribution in [1.29, 1.82) is 0 Å². The van der Waals surface area contributed by atoms with E-state index in [-0.39, 0.29) is 11.7 Å². The maximum Gasteiger partial charge on any atom is 0.244 e. The number of aromatic hydroxyl groups is 1. The highest BCUT2D eigenvalue weighted by Crippen LogP contribution is 2.26. The van der Waals surface area contributed by atoms with Crippen LogP contribution in [0.4, 0.5) is 0 Å². The summed E-state index contributed by atoms with van der Waals surface area (Å²) in [6, 6.07) is 4.93. The highest BCUT2D eigenvalue weighted by atomic mass is 16.5. The summed E-state index contributed by atoms with van der Waals surface area (Å²) in [5, 5.41) is 12.4. The number of hydrogen-bond acceptors (Lipinski definition) is 3. The number of carbonyl (C=O) groups excluding carboxylic acids is 1. The van der Waals surface area contributed by atoms with Crippen LogP contribution in [0, 0.1) is 0 Å². The molecule has 2 N–H and O–H groups in total. The largest absolute Gasteiger partial charge is 0.504 e. The first-order valence-electron chi connectivity index (χ1n) is 8.04. The molecule has 0 aliphatic rings. The number of allylic oxidation sites excluding steroid dienone is 3. The van der Waals surface area contributed by atoms with Crippen molar-refractivity contribution in [3.05, 3.63) is 53.1 Å². The van der Waals surface area contributed by atoms with E-state index in [4.69, 9.17) is 4.74 Å². The second-order valence-corrected chi connectivity index (χ2v) is 5.88. The standard InChI is InChI=1S/C20H27NO3/c1-15(2)6-5-7-16(3)12-13-21-20(23)11-9-17-8-10-18(22)19(14-17)24-4/h6,8-12,14,22H,5,7,13H2,1-4H3,(H,21,23)/b11-9+,16-12+. The number of ether oxygens (including phenoxy) is 1. The summed E-state index contributed by atoms with van der Waals surface area (Å²) >= 11 is 0. The Morgan fingerprint density at radius 2 is 2.00 bits per heavy atom. The van der Waals surface area contributed by atoms with Gasteiger partial charge in [-0.15, -0.1) is 0 Å². The molecule has 1 aromatic rings. The van der Waals surface area contributed by atoms with Crippen LogP contribution >= 0.6 is 0 Å². The predicted octanol–water partition coefficient (Wildman–Crippen LogP) is 4.22. The lowest BCUT2D eigenvalue weighted by molar-refractivity contribution is -0.116. The third kappa shape index (κ3) is 7.68. The maximum absolute atomic E-state index is 11.8. The molecule has 24 heavy (non-hydrogen) atoms. The third-order valence-electron chi connectivity index (χ3n) is 3.45. The SMILES string of the molecule is COc1cc(/C=C/C(=O)NC/C=C(\C)CCC=C(C)C)ccc1O. The number of benzene rings is 1. The van der Waals surface area contributed by atoms with Gasteiger partial charge in [0.05, 0.1) is 7.11 Å². The summed E-state index contributed by atoms with van der Waals surface area (Å²) in [4.78, 5) is 11.8. The van der Waals surface area contributed by atoms with Gasteiger partial charge in [-0.05, 0) is 57.4 Å². The number of phenols is 1. The van der Waals surface area contributed by atoms with E-state index in [1.54, 1.807) is 18.2 Å². The maximum atomic E-state index is 11.8. The molecule has 130 valence electrons. The van der Waals surface area contributed by atoms with E-state index < -0.39 is 0 Å². The summed E-state index contributed by atoms with van der Waals surface area (Å²) in [5.41, 5.74) is 3.38. The monoisotopic (exact) mass is 329 g/mol. The fourth-order valence-electron chi connectivity index (χ4n) is 2.05. The van der Waals surface area contributed by atoms with E-state index in [0.29, 0.717) is 12.3 Å². The van der Waals surface area contributed by atoms with Gasteiger partial charge in [-0.3, -0.25) is 4.79 Å². The zero-order valence-electron chi connectivity index (χ0n) is 14.9. The average molecular weight is 329 g/mol. The fraction of sp³-hybridized carbons (Fsp3) is 0.350. The Kier molecular flexibility index (Phi) is 8.41. The van der Waals surface area contributed by atoms with Crippen molar-refractivity contribution in [2.75, 3.05) is 13.7 Å². The second-order valence-electron chi connectivity index (χ2n) is 5.88. The Labute approximate surface area is 144 Å². The van der Waals surface area contributed by atoms with Gasteiger partial charge in [0.15, 0.2) is 11.5 Å². The number of methoxy groups -OCH3 is 1. The molecule has 1 rings (SSSR count). The zero-order chi connectivity index (χ0) is 17.9. The quantitative estimate of drug-likeness (QED) is 0.554. The van der Waals surface area contributed by atoms with Crippen molar-refractivity contribution in [2.45, 2.75) is 33.6 Å². The second kappa shape index (κ2) is 10.3. The molecule has 0 aliphatic carbocycles. The topological polar surface area (TPSA) is 58.6 Å². The van der Waals surface area contributed by atoms with Gasteiger partial charge in [-0.1, -0.05) is 29.4 Å². The Balaban J connectivity index is 2.44. The van der Waals surface area contributed by atoms with Gasteiger partial charge < -0.3 is 15.2 Å². The summed E-state index contributed by atoms with van der Waals surface area (Å²) in [7, 11) is 1.49. The van der Waals surface area contributed by atoms with Crippen LogP contribution in [0.3, 0.4) is 0 Å². The number of hydrogen-bond donors (Lipinski definition) is 2. The number of amides is 1. The first-order valence-corrected chi connectivity index (χ1v) is 8.04. The van der Waals surface area contributed by atoms with Gasteiger partial charge in [-0.2, -0.15) is 0 Å². The van der Waals surface area contributed by atoms with Gasteiger partial charge in [0.25, 0.3) is 0 Å². The van der Waals surface area contributed by atoms with Crippen LogP contribution in [0.5, 0.6) is 11.5 Å². The van der Waals surface area contributed by atoms with E-state index in [1.807, 2.05) is 6.08 Å². The minimum atomic E-state index is -0.157. The normalized spacial score (nSPS) is 11.4.